The van der Waals surface area contributed by atoms with Crippen molar-refractivity contribution in [3.63, 3.8) is 0 Å². The fourth-order valence-corrected chi connectivity index (χ4v) is 7.07. The largest absolute Gasteiger partial charge is 0.507 e. The highest BCUT2D eigenvalue weighted by Gasteiger charge is 2.22. The third-order valence-corrected chi connectivity index (χ3v) is 9.95. The minimum absolute atomic E-state index is 0.00174. The van der Waals surface area contributed by atoms with Crippen LogP contribution in [-0.2, 0) is 20.2 Å². The number of anilines is 2. The predicted octanol–water partition coefficient (Wildman–Crippen LogP) is 8.87. The van der Waals surface area contributed by atoms with Crippen molar-refractivity contribution in [1.82, 2.24) is 0 Å². The number of azo groups is 2. The van der Waals surface area contributed by atoms with Gasteiger partial charge in [0.2, 0.25) is 0 Å². The molecule has 14 nitrogen and oxygen atoms in total. The van der Waals surface area contributed by atoms with Crippen molar-refractivity contribution in [3.8, 4) is 22.6 Å². The zero-order valence-electron chi connectivity index (χ0n) is 25.0. The van der Waals surface area contributed by atoms with E-state index in [1.54, 1.807) is 24.3 Å². The lowest BCUT2D eigenvalue weighted by Gasteiger charge is -2.11. The first-order chi connectivity index (χ1) is 23.5. The Labute approximate surface area is 293 Å². The van der Waals surface area contributed by atoms with Crippen molar-refractivity contribution in [3.05, 3.63) is 95.0 Å². The maximum absolute atomic E-state index is 12.1. The molecule has 0 bridgehead atoms. The average Bonchev–Trinajstić information content (AvgIpc) is 3.04. The lowest BCUT2D eigenvalue weighted by Crippen LogP contribution is -2.01. The van der Waals surface area contributed by atoms with Crippen molar-refractivity contribution < 1.29 is 36.2 Å². The van der Waals surface area contributed by atoms with Gasteiger partial charge in [0, 0.05) is 10.8 Å². The van der Waals surface area contributed by atoms with Gasteiger partial charge in [-0.15, -0.1) is 20.5 Å². The SMILES string of the molecule is Nc1c(/N=N/c2ccc(-c3ccc(/N=N/c4cc(S(=O)(=O)O)c5cccc(O)c5c4N)c(Cl)c3)cc2Cl)cc(S(=O)(=O)O)c2cccc(O)c12. The van der Waals surface area contributed by atoms with E-state index in [-0.39, 0.29) is 77.2 Å². The Morgan fingerprint density at radius 3 is 1.22 bits per heavy atom. The molecule has 18 heteroatoms. The molecule has 6 rings (SSSR count). The van der Waals surface area contributed by atoms with Crippen LogP contribution in [0.15, 0.2) is 115 Å². The highest BCUT2D eigenvalue weighted by atomic mass is 35.5. The molecular formula is C32H22Cl2N6O8S2. The van der Waals surface area contributed by atoms with E-state index in [1.165, 1.54) is 48.5 Å². The molecule has 0 spiro atoms. The minimum atomic E-state index is -4.72. The first kappa shape index (κ1) is 34.5. The van der Waals surface area contributed by atoms with Crippen LogP contribution in [0.2, 0.25) is 10.0 Å². The molecule has 6 aromatic rings. The summed E-state index contributed by atoms with van der Waals surface area (Å²) in [5.74, 6) is -0.639. The lowest BCUT2D eigenvalue weighted by molar-refractivity contribution is 0.479. The number of rotatable bonds is 7. The van der Waals surface area contributed by atoms with E-state index in [9.17, 15) is 36.2 Å². The van der Waals surface area contributed by atoms with Crippen molar-refractivity contribution in [2.45, 2.75) is 9.79 Å². The van der Waals surface area contributed by atoms with Crippen LogP contribution in [0.4, 0.5) is 34.1 Å². The molecule has 0 radical (unpaired) electrons. The highest BCUT2D eigenvalue weighted by Crippen LogP contribution is 2.43. The molecule has 0 heterocycles. The predicted molar refractivity (Wildman–Crippen MR) is 190 cm³/mol. The smallest absolute Gasteiger partial charge is 0.295 e. The van der Waals surface area contributed by atoms with E-state index in [4.69, 9.17) is 34.7 Å². The minimum Gasteiger partial charge on any atom is -0.507 e. The van der Waals surface area contributed by atoms with E-state index < -0.39 is 30.0 Å². The molecule has 0 saturated heterocycles. The molecular weight excluding hydrogens is 731 g/mol. The topological polar surface area (TPSA) is 251 Å². The Morgan fingerprint density at radius 1 is 0.520 bits per heavy atom. The molecule has 0 atom stereocenters. The maximum atomic E-state index is 12.1. The van der Waals surface area contributed by atoms with Crippen molar-refractivity contribution in [2.24, 2.45) is 20.5 Å². The Bertz CT molecular complexity index is 2500. The van der Waals surface area contributed by atoms with Gasteiger partial charge in [0.1, 0.15) is 44.0 Å². The first-order valence-corrected chi connectivity index (χ1v) is 17.6. The summed E-state index contributed by atoms with van der Waals surface area (Å²) in [6.45, 7) is 0. The van der Waals surface area contributed by atoms with Crippen LogP contribution in [0.3, 0.4) is 0 Å². The number of nitrogen functional groups attached to an aromatic ring is 2. The monoisotopic (exact) mass is 752 g/mol. The van der Waals surface area contributed by atoms with Crippen LogP contribution in [0.5, 0.6) is 11.5 Å². The second kappa shape index (κ2) is 12.8. The molecule has 8 N–H and O–H groups in total. The first-order valence-electron chi connectivity index (χ1n) is 14.0. The van der Waals surface area contributed by atoms with Crippen LogP contribution in [0.25, 0.3) is 32.7 Å². The molecule has 0 aromatic heterocycles. The van der Waals surface area contributed by atoms with Gasteiger partial charge in [-0.1, -0.05) is 59.6 Å². The fraction of sp³-hybridized carbons (Fsp3) is 0. The summed E-state index contributed by atoms with van der Waals surface area (Å²) in [7, 11) is -9.44. The molecule has 0 fully saturated rings. The quantitative estimate of drug-likeness (QED) is 0.0513. The molecule has 254 valence electrons. The Morgan fingerprint density at radius 2 is 0.880 bits per heavy atom. The van der Waals surface area contributed by atoms with E-state index in [0.29, 0.717) is 11.1 Å². The number of hydrogen-bond acceptors (Lipinski definition) is 12. The second-order valence-electron chi connectivity index (χ2n) is 10.7. The van der Waals surface area contributed by atoms with Crippen molar-refractivity contribution >= 4 is 99.1 Å². The fourth-order valence-electron chi connectivity index (χ4n) is 5.22. The van der Waals surface area contributed by atoms with Gasteiger partial charge in [-0.25, -0.2) is 0 Å². The average molecular weight is 754 g/mol. The van der Waals surface area contributed by atoms with Crippen molar-refractivity contribution in [2.75, 3.05) is 11.5 Å². The van der Waals surface area contributed by atoms with Gasteiger partial charge in [0.25, 0.3) is 20.2 Å². The maximum Gasteiger partial charge on any atom is 0.295 e. The van der Waals surface area contributed by atoms with Gasteiger partial charge < -0.3 is 21.7 Å². The van der Waals surface area contributed by atoms with Gasteiger partial charge in [0.05, 0.1) is 32.2 Å². The summed E-state index contributed by atoms with van der Waals surface area (Å²) in [6.07, 6.45) is 0. The number of phenols is 2. The number of phenolic OH excluding ortho intramolecular Hbond substituents is 2. The van der Waals surface area contributed by atoms with E-state index in [0.717, 1.165) is 12.1 Å². The molecule has 0 aliphatic carbocycles. The standard InChI is InChI=1S/C32H22Cl2N6O8S2/c33-19-11-15(7-9-21(19)37-39-23-13-27(49(43,44)45)17-3-1-5-25(41)29(17)31(23)35)16-8-10-22(20(34)12-16)38-40-24-14-28(50(46,47)48)18-4-2-6-26(42)30(18)32(24)36/h1-14,41-42H,35-36H2,(H,43,44,45)(H,46,47,48)/b39-37+,40-38+. The summed E-state index contributed by atoms with van der Waals surface area (Å²) < 4.78 is 67.8. The zero-order valence-corrected chi connectivity index (χ0v) is 28.2. The Hall–Kier alpha value is -5.36. The van der Waals surface area contributed by atoms with Gasteiger partial charge in [-0.05, 0) is 59.7 Å². The number of hydrogen-bond donors (Lipinski definition) is 6. The molecule has 6 aromatic carbocycles. The summed E-state index contributed by atoms with van der Waals surface area (Å²) >= 11 is 13.0. The summed E-state index contributed by atoms with van der Waals surface area (Å²) in [5, 5.41) is 37.2. The number of benzene rings is 6. The molecule has 50 heavy (non-hydrogen) atoms. The number of halogens is 2. The Kier molecular flexibility index (Phi) is 8.85. The molecule has 0 amide bonds. The van der Waals surface area contributed by atoms with Crippen molar-refractivity contribution in [1.29, 1.82) is 0 Å². The van der Waals surface area contributed by atoms with Crippen LogP contribution >= 0.6 is 23.2 Å². The number of nitrogens with zero attached hydrogens (tertiary/aromatic N) is 4. The van der Waals surface area contributed by atoms with Gasteiger partial charge in [0.15, 0.2) is 0 Å². The van der Waals surface area contributed by atoms with E-state index in [2.05, 4.69) is 20.5 Å². The lowest BCUT2D eigenvalue weighted by atomic mass is 10.0. The summed E-state index contributed by atoms with van der Waals surface area (Å²) in [4.78, 5) is -1.04. The van der Waals surface area contributed by atoms with Gasteiger partial charge in [-0.2, -0.15) is 16.8 Å². The van der Waals surface area contributed by atoms with Crippen LogP contribution in [0.1, 0.15) is 0 Å². The van der Waals surface area contributed by atoms with Gasteiger partial charge >= 0.3 is 0 Å². The number of aromatic hydroxyl groups is 2. The molecule has 0 unspecified atom stereocenters. The number of nitrogens with two attached hydrogens (primary N) is 2. The highest BCUT2D eigenvalue weighted by molar-refractivity contribution is 7.86. The van der Waals surface area contributed by atoms with Crippen LogP contribution in [0, 0.1) is 0 Å². The van der Waals surface area contributed by atoms with E-state index >= 15 is 0 Å². The zero-order chi connectivity index (χ0) is 36.1. The van der Waals surface area contributed by atoms with Gasteiger partial charge in [-0.3, -0.25) is 9.11 Å². The van der Waals surface area contributed by atoms with E-state index in [1.807, 2.05) is 0 Å². The van der Waals surface area contributed by atoms with Crippen LogP contribution in [-0.4, -0.2) is 36.2 Å². The van der Waals surface area contributed by atoms with Crippen LogP contribution < -0.4 is 11.5 Å². The third-order valence-electron chi connectivity index (χ3n) is 7.56. The second-order valence-corrected chi connectivity index (χ2v) is 14.3. The number of fused-ring (bicyclic) bond motifs is 2. The molecule has 0 aliphatic heterocycles. The molecule has 0 aliphatic rings. The molecule has 0 saturated carbocycles. The summed E-state index contributed by atoms with van der Waals surface area (Å²) in [6, 6.07) is 19.8. The Balaban J connectivity index is 1.30. The summed E-state index contributed by atoms with van der Waals surface area (Å²) in [5.41, 5.74) is 13.5. The third kappa shape index (κ3) is 6.50. The normalized spacial score (nSPS) is 12.5.